The van der Waals surface area contributed by atoms with Crippen LogP contribution in [0.1, 0.15) is 25.5 Å². The lowest BCUT2D eigenvalue weighted by molar-refractivity contribution is -0.199. The molecule has 0 saturated carbocycles. The maximum Gasteiger partial charge on any atom is 0.327 e. The van der Waals surface area contributed by atoms with Gasteiger partial charge in [0.25, 0.3) is 17.5 Å². The zero-order valence-electron chi connectivity index (χ0n) is 14.4. The Morgan fingerprint density at radius 2 is 1.96 bits per heavy atom. The summed E-state index contributed by atoms with van der Waals surface area (Å²) in [7, 11) is 1.54. The fourth-order valence-electron chi connectivity index (χ4n) is 3.77. The molecule has 0 radical (unpaired) electrons. The molecule has 0 aliphatic carbocycles. The summed E-state index contributed by atoms with van der Waals surface area (Å²) < 4.78 is 10.3. The van der Waals surface area contributed by atoms with Gasteiger partial charge in [-0.05, 0) is 31.5 Å². The molecule has 3 unspecified atom stereocenters. The van der Waals surface area contributed by atoms with Crippen LogP contribution in [0, 0.1) is 0 Å². The van der Waals surface area contributed by atoms with Gasteiger partial charge in [-0.25, -0.2) is 4.79 Å². The van der Waals surface area contributed by atoms with Gasteiger partial charge in [-0.3, -0.25) is 9.59 Å². The number of β-lactam (4-membered cyclic amide) rings is 1. The number of nitrogens with zero attached hydrogens (tertiary/aromatic N) is 1. The molecule has 1 aromatic rings. The van der Waals surface area contributed by atoms with E-state index in [4.69, 9.17) is 9.47 Å². The first kappa shape index (κ1) is 17.2. The molecule has 3 heterocycles. The molecule has 9 heteroatoms. The van der Waals surface area contributed by atoms with Crippen LogP contribution in [0.15, 0.2) is 24.3 Å². The number of methoxy groups -OCH3 is 1. The molecule has 3 saturated heterocycles. The molecule has 2 amide bonds. The van der Waals surface area contributed by atoms with Crippen molar-refractivity contribution in [3.05, 3.63) is 29.8 Å². The molecule has 138 valence electrons. The third kappa shape index (κ3) is 2.10. The summed E-state index contributed by atoms with van der Waals surface area (Å²) in [5.74, 6) is -1.35. The van der Waals surface area contributed by atoms with Crippen molar-refractivity contribution in [1.29, 1.82) is 0 Å². The van der Waals surface area contributed by atoms with Crippen molar-refractivity contribution in [2.45, 2.75) is 41.8 Å². The van der Waals surface area contributed by atoms with E-state index in [1.165, 1.54) is 16.7 Å². The van der Waals surface area contributed by atoms with Gasteiger partial charge in [-0.2, -0.15) is 0 Å². The SMILES string of the molecule is COc1ccc(C2OC3(NC2=O)C(=O)N2C(C(=O)O)C(C)(C)S[C@@H]23)cc1. The van der Waals surface area contributed by atoms with Gasteiger partial charge in [0.05, 0.1) is 7.11 Å². The lowest BCUT2D eigenvalue weighted by atomic mass is 9.94. The fraction of sp³-hybridized carbons (Fsp3) is 0.471. The van der Waals surface area contributed by atoms with E-state index < -0.39 is 45.8 Å². The fourth-order valence-corrected chi connectivity index (χ4v) is 5.40. The largest absolute Gasteiger partial charge is 0.497 e. The molecule has 3 aliphatic heterocycles. The number of hydrogen-bond acceptors (Lipinski definition) is 6. The van der Waals surface area contributed by atoms with Gasteiger partial charge in [0, 0.05) is 4.75 Å². The summed E-state index contributed by atoms with van der Waals surface area (Å²) in [6, 6.07) is 5.86. The van der Waals surface area contributed by atoms with Crippen LogP contribution < -0.4 is 10.1 Å². The second-order valence-electron chi connectivity index (χ2n) is 7.02. The molecule has 26 heavy (non-hydrogen) atoms. The van der Waals surface area contributed by atoms with Crippen LogP contribution in [0.2, 0.25) is 0 Å². The summed E-state index contributed by atoms with van der Waals surface area (Å²) in [6.45, 7) is 3.54. The Bertz CT molecular complexity index is 810. The molecule has 0 aromatic heterocycles. The summed E-state index contributed by atoms with van der Waals surface area (Å²) in [6.07, 6.45) is -0.931. The molecule has 1 aromatic carbocycles. The van der Waals surface area contributed by atoms with Gasteiger partial charge in [-0.1, -0.05) is 12.1 Å². The second kappa shape index (κ2) is 5.37. The third-order valence-electron chi connectivity index (χ3n) is 5.01. The minimum absolute atomic E-state index is 0.416. The van der Waals surface area contributed by atoms with E-state index in [-0.39, 0.29) is 0 Å². The third-order valence-corrected chi connectivity index (χ3v) is 6.62. The van der Waals surface area contributed by atoms with Crippen LogP contribution in [0.4, 0.5) is 0 Å². The summed E-state index contributed by atoms with van der Waals surface area (Å²) in [4.78, 5) is 38.2. The van der Waals surface area contributed by atoms with E-state index in [1.807, 2.05) is 0 Å². The van der Waals surface area contributed by atoms with Crippen LogP contribution in [0.5, 0.6) is 5.75 Å². The Labute approximate surface area is 153 Å². The van der Waals surface area contributed by atoms with E-state index in [1.54, 1.807) is 45.2 Å². The van der Waals surface area contributed by atoms with Crippen molar-refractivity contribution >= 4 is 29.5 Å². The van der Waals surface area contributed by atoms with Gasteiger partial charge >= 0.3 is 5.97 Å². The van der Waals surface area contributed by atoms with Gasteiger partial charge in [-0.15, -0.1) is 11.8 Å². The van der Waals surface area contributed by atoms with Crippen LogP contribution in [-0.2, 0) is 19.1 Å². The Morgan fingerprint density at radius 3 is 2.54 bits per heavy atom. The minimum atomic E-state index is -1.51. The molecule has 1 spiro atoms. The average molecular weight is 378 g/mol. The minimum Gasteiger partial charge on any atom is -0.497 e. The molecule has 0 bridgehead atoms. The Balaban J connectivity index is 1.62. The standard InChI is InChI=1S/C17H18N2O6S/c1-16(2)11(13(21)22)19-14(23)17(15(19)26-16)18-12(20)10(25-17)8-4-6-9(24-3)7-5-8/h4-7,10-11,15H,1-3H3,(H,18,20)(H,21,22)/t10?,11?,15-,17?/m1/s1. The highest BCUT2D eigenvalue weighted by Crippen LogP contribution is 2.57. The summed E-state index contributed by atoms with van der Waals surface area (Å²) >= 11 is 1.32. The van der Waals surface area contributed by atoms with Crippen LogP contribution in [0.3, 0.4) is 0 Å². The number of aliphatic carboxylic acids is 1. The van der Waals surface area contributed by atoms with Crippen molar-refractivity contribution in [1.82, 2.24) is 10.2 Å². The number of thioether (sulfide) groups is 1. The van der Waals surface area contributed by atoms with E-state index in [2.05, 4.69) is 5.32 Å². The molecular formula is C17H18N2O6S. The number of hydrogen-bond donors (Lipinski definition) is 2. The summed E-state index contributed by atoms with van der Waals surface area (Å²) in [5.41, 5.74) is -0.906. The lowest BCUT2D eigenvalue weighted by Crippen LogP contribution is -2.78. The number of carbonyl (C=O) groups is 3. The van der Waals surface area contributed by atoms with Crippen LogP contribution in [0.25, 0.3) is 0 Å². The number of amides is 2. The number of carboxylic acid groups (broad SMARTS) is 1. The van der Waals surface area contributed by atoms with Gasteiger partial charge in [0.15, 0.2) is 6.10 Å². The Morgan fingerprint density at radius 1 is 1.31 bits per heavy atom. The average Bonchev–Trinajstić information content (AvgIpc) is 3.09. The van der Waals surface area contributed by atoms with Gasteiger partial charge in [0.2, 0.25) is 0 Å². The first-order chi connectivity index (χ1) is 12.2. The number of ether oxygens (including phenoxy) is 2. The van der Waals surface area contributed by atoms with Crippen molar-refractivity contribution in [2.75, 3.05) is 7.11 Å². The maximum absolute atomic E-state index is 12.8. The molecular weight excluding hydrogens is 360 g/mol. The predicted molar refractivity (Wildman–Crippen MR) is 91.4 cm³/mol. The van der Waals surface area contributed by atoms with E-state index in [0.29, 0.717) is 11.3 Å². The predicted octanol–water partition coefficient (Wildman–Crippen LogP) is 0.726. The Hall–Kier alpha value is -2.26. The highest BCUT2D eigenvalue weighted by molar-refractivity contribution is 8.01. The lowest BCUT2D eigenvalue weighted by Gasteiger charge is -2.49. The quantitative estimate of drug-likeness (QED) is 0.747. The molecule has 3 fully saturated rings. The Kier molecular flexibility index (Phi) is 3.55. The number of carboxylic acids is 1. The van der Waals surface area contributed by atoms with E-state index >= 15 is 0 Å². The smallest absolute Gasteiger partial charge is 0.327 e. The second-order valence-corrected chi connectivity index (χ2v) is 8.76. The first-order valence-corrected chi connectivity index (χ1v) is 8.96. The molecule has 4 atom stereocenters. The van der Waals surface area contributed by atoms with Gasteiger partial charge < -0.3 is 24.8 Å². The maximum atomic E-state index is 12.8. The molecule has 8 nitrogen and oxygen atoms in total. The number of fused-ring (bicyclic) bond motifs is 2. The first-order valence-electron chi connectivity index (χ1n) is 8.08. The van der Waals surface area contributed by atoms with Crippen molar-refractivity contribution < 1.29 is 29.0 Å². The number of rotatable bonds is 3. The van der Waals surface area contributed by atoms with Crippen molar-refractivity contribution in [3.8, 4) is 5.75 Å². The highest BCUT2D eigenvalue weighted by atomic mass is 32.2. The number of nitrogens with one attached hydrogen (secondary N) is 1. The molecule has 4 rings (SSSR count). The van der Waals surface area contributed by atoms with Gasteiger partial charge in [0.1, 0.15) is 17.2 Å². The van der Waals surface area contributed by atoms with E-state index in [9.17, 15) is 19.5 Å². The highest BCUT2D eigenvalue weighted by Gasteiger charge is 2.76. The number of benzene rings is 1. The normalized spacial score (nSPS) is 34.4. The van der Waals surface area contributed by atoms with Crippen LogP contribution in [-0.4, -0.2) is 56.8 Å². The van der Waals surface area contributed by atoms with Crippen LogP contribution >= 0.6 is 11.8 Å². The zero-order valence-corrected chi connectivity index (χ0v) is 15.2. The van der Waals surface area contributed by atoms with Crippen molar-refractivity contribution in [3.63, 3.8) is 0 Å². The van der Waals surface area contributed by atoms with E-state index in [0.717, 1.165) is 0 Å². The monoisotopic (exact) mass is 378 g/mol. The van der Waals surface area contributed by atoms with Crippen molar-refractivity contribution in [2.24, 2.45) is 0 Å². The summed E-state index contributed by atoms with van der Waals surface area (Å²) in [5, 5.41) is 11.6. The zero-order chi connectivity index (χ0) is 18.9. The molecule has 3 aliphatic rings. The molecule has 2 N–H and O–H groups in total. The number of carbonyl (C=O) groups excluding carboxylic acids is 2. The topological polar surface area (TPSA) is 105 Å².